The Kier molecular flexibility index (Phi) is 7.54. The standard InChI is InChI=1S/C15H21BrN2O/c1-2-13(18)10-12-6-7-15(14(16)11-12)19-9-5-3-4-8-17/h6-7,11,13H,2-5,9-10,18H2,1H3. The van der Waals surface area contributed by atoms with Crippen LogP contribution in [0.4, 0.5) is 0 Å². The Labute approximate surface area is 123 Å². The van der Waals surface area contributed by atoms with Crippen molar-refractivity contribution in [2.45, 2.75) is 45.1 Å². The van der Waals surface area contributed by atoms with Crippen molar-refractivity contribution in [3.63, 3.8) is 0 Å². The molecule has 1 aromatic carbocycles. The molecular weight excluding hydrogens is 304 g/mol. The Bertz CT molecular complexity index is 429. The van der Waals surface area contributed by atoms with Crippen LogP contribution in [0.15, 0.2) is 22.7 Å². The molecule has 0 spiro atoms. The Morgan fingerprint density at radius 3 is 2.84 bits per heavy atom. The van der Waals surface area contributed by atoms with Crippen LogP contribution in [0.1, 0.15) is 38.2 Å². The molecular formula is C15H21BrN2O. The van der Waals surface area contributed by atoms with Crippen molar-refractivity contribution in [2.24, 2.45) is 5.73 Å². The molecule has 0 saturated heterocycles. The summed E-state index contributed by atoms with van der Waals surface area (Å²) in [6, 6.07) is 8.45. The van der Waals surface area contributed by atoms with Gasteiger partial charge in [-0.15, -0.1) is 0 Å². The minimum absolute atomic E-state index is 0.213. The summed E-state index contributed by atoms with van der Waals surface area (Å²) in [5.41, 5.74) is 7.17. The molecule has 1 aromatic rings. The van der Waals surface area contributed by atoms with Crippen molar-refractivity contribution < 1.29 is 4.74 Å². The number of hydrogen-bond donors (Lipinski definition) is 1. The van der Waals surface area contributed by atoms with Gasteiger partial charge in [-0.2, -0.15) is 5.26 Å². The first-order valence-corrected chi connectivity index (χ1v) is 7.50. The van der Waals surface area contributed by atoms with Gasteiger partial charge in [-0.3, -0.25) is 0 Å². The zero-order valence-corrected chi connectivity index (χ0v) is 12.9. The lowest BCUT2D eigenvalue weighted by Gasteiger charge is -2.12. The number of ether oxygens (including phenoxy) is 1. The molecule has 0 aliphatic carbocycles. The molecule has 104 valence electrons. The summed E-state index contributed by atoms with van der Waals surface area (Å²) < 4.78 is 6.65. The van der Waals surface area contributed by atoms with Crippen LogP contribution in [0.25, 0.3) is 0 Å². The van der Waals surface area contributed by atoms with Crippen LogP contribution in [-0.2, 0) is 6.42 Å². The molecule has 4 heteroatoms. The maximum atomic E-state index is 8.44. The predicted octanol–water partition coefficient (Wildman–Crippen LogP) is 3.80. The fourth-order valence-corrected chi connectivity index (χ4v) is 2.26. The summed E-state index contributed by atoms with van der Waals surface area (Å²) >= 11 is 3.52. The van der Waals surface area contributed by atoms with E-state index in [1.54, 1.807) is 0 Å². The van der Waals surface area contributed by atoms with Crippen LogP contribution < -0.4 is 10.5 Å². The van der Waals surface area contributed by atoms with E-state index >= 15 is 0 Å². The second-order valence-electron chi connectivity index (χ2n) is 4.60. The largest absolute Gasteiger partial charge is 0.492 e. The van der Waals surface area contributed by atoms with Gasteiger partial charge in [-0.1, -0.05) is 13.0 Å². The first kappa shape index (κ1) is 16.0. The third-order valence-corrected chi connectivity index (χ3v) is 3.58. The molecule has 2 N–H and O–H groups in total. The van der Waals surface area contributed by atoms with E-state index in [4.69, 9.17) is 15.7 Å². The van der Waals surface area contributed by atoms with E-state index in [1.807, 2.05) is 6.07 Å². The molecule has 0 aliphatic heterocycles. The summed E-state index contributed by atoms with van der Waals surface area (Å²) in [4.78, 5) is 0. The van der Waals surface area contributed by atoms with E-state index in [2.05, 4.69) is 41.1 Å². The van der Waals surface area contributed by atoms with E-state index in [0.717, 1.165) is 35.9 Å². The number of benzene rings is 1. The van der Waals surface area contributed by atoms with Crippen LogP contribution in [0, 0.1) is 11.3 Å². The molecule has 0 radical (unpaired) electrons. The van der Waals surface area contributed by atoms with Crippen molar-refractivity contribution >= 4 is 15.9 Å². The lowest BCUT2D eigenvalue weighted by molar-refractivity contribution is 0.305. The van der Waals surface area contributed by atoms with E-state index in [-0.39, 0.29) is 6.04 Å². The van der Waals surface area contributed by atoms with Gasteiger partial charge in [0.05, 0.1) is 17.1 Å². The van der Waals surface area contributed by atoms with Gasteiger partial charge >= 0.3 is 0 Å². The zero-order valence-electron chi connectivity index (χ0n) is 11.4. The Morgan fingerprint density at radius 2 is 2.21 bits per heavy atom. The fraction of sp³-hybridized carbons (Fsp3) is 0.533. The Morgan fingerprint density at radius 1 is 1.42 bits per heavy atom. The smallest absolute Gasteiger partial charge is 0.133 e. The molecule has 0 fully saturated rings. The highest BCUT2D eigenvalue weighted by molar-refractivity contribution is 9.10. The highest BCUT2D eigenvalue weighted by atomic mass is 79.9. The first-order valence-electron chi connectivity index (χ1n) is 6.71. The fourth-order valence-electron chi connectivity index (χ4n) is 1.72. The minimum Gasteiger partial charge on any atom is -0.492 e. The molecule has 0 amide bonds. The van der Waals surface area contributed by atoms with E-state index in [0.29, 0.717) is 13.0 Å². The van der Waals surface area contributed by atoms with Gasteiger partial charge in [-0.25, -0.2) is 0 Å². The highest BCUT2D eigenvalue weighted by Gasteiger charge is 2.06. The molecule has 1 rings (SSSR count). The van der Waals surface area contributed by atoms with Crippen molar-refractivity contribution in [1.29, 1.82) is 5.26 Å². The lowest BCUT2D eigenvalue weighted by atomic mass is 10.0. The second-order valence-corrected chi connectivity index (χ2v) is 5.46. The van der Waals surface area contributed by atoms with Gasteiger partial charge in [0.15, 0.2) is 0 Å². The molecule has 0 aliphatic rings. The van der Waals surface area contributed by atoms with Gasteiger partial charge in [0.2, 0.25) is 0 Å². The third-order valence-electron chi connectivity index (χ3n) is 2.96. The molecule has 0 heterocycles. The van der Waals surface area contributed by atoms with E-state index in [9.17, 15) is 0 Å². The lowest BCUT2D eigenvalue weighted by Crippen LogP contribution is -2.21. The highest BCUT2D eigenvalue weighted by Crippen LogP contribution is 2.26. The van der Waals surface area contributed by atoms with Crippen LogP contribution in [-0.4, -0.2) is 12.6 Å². The normalized spacial score (nSPS) is 11.9. The molecule has 1 atom stereocenters. The van der Waals surface area contributed by atoms with Crippen molar-refractivity contribution in [3.05, 3.63) is 28.2 Å². The second kappa shape index (κ2) is 8.95. The summed E-state index contributed by atoms with van der Waals surface area (Å²) in [6.45, 7) is 2.74. The maximum Gasteiger partial charge on any atom is 0.133 e. The molecule has 0 saturated carbocycles. The number of rotatable bonds is 8. The first-order chi connectivity index (χ1) is 9.17. The van der Waals surface area contributed by atoms with Crippen molar-refractivity contribution in [2.75, 3.05) is 6.61 Å². The monoisotopic (exact) mass is 324 g/mol. The molecule has 3 nitrogen and oxygen atoms in total. The summed E-state index contributed by atoms with van der Waals surface area (Å²) in [5.74, 6) is 0.853. The number of halogens is 1. The van der Waals surface area contributed by atoms with Gasteiger partial charge in [0, 0.05) is 12.5 Å². The zero-order chi connectivity index (χ0) is 14.1. The Balaban J connectivity index is 2.46. The molecule has 1 unspecified atom stereocenters. The van der Waals surface area contributed by atoms with Gasteiger partial charge in [0.1, 0.15) is 5.75 Å². The van der Waals surface area contributed by atoms with E-state index in [1.165, 1.54) is 5.56 Å². The predicted molar refractivity (Wildman–Crippen MR) is 81.1 cm³/mol. The van der Waals surface area contributed by atoms with Gasteiger partial charge in [-0.05, 0) is 59.3 Å². The minimum atomic E-state index is 0.213. The topological polar surface area (TPSA) is 59.0 Å². The molecule has 19 heavy (non-hydrogen) atoms. The number of unbranched alkanes of at least 4 members (excludes halogenated alkanes) is 2. The quantitative estimate of drug-likeness (QED) is 0.740. The summed E-state index contributed by atoms with van der Waals surface area (Å²) in [7, 11) is 0. The number of nitriles is 1. The summed E-state index contributed by atoms with van der Waals surface area (Å²) in [6.07, 6.45) is 4.25. The summed E-state index contributed by atoms with van der Waals surface area (Å²) in [5, 5.41) is 8.44. The number of hydrogen-bond acceptors (Lipinski definition) is 3. The van der Waals surface area contributed by atoms with Gasteiger partial charge in [0.25, 0.3) is 0 Å². The molecule has 0 bridgehead atoms. The molecule has 0 aromatic heterocycles. The van der Waals surface area contributed by atoms with Crippen LogP contribution >= 0.6 is 15.9 Å². The van der Waals surface area contributed by atoms with E-state index < -0.39 is 0 Å². The average molecular weight is 325 g/mol. The Hall–Kier alpha value is -1.05. The van der Waals surface area contributed by atoms with Crippen molar-refractivity contribution in [3.8, 4) is 11.8 Å². The van der Waals surface area contributed by atoms with Crippen LogP contribution in [0.5, 0.6) is 5.75 Å². The maximum absolute atomic E-state index is 8.44. The van der Waals surface area contributed by atoms with Crippen LogP contribution in [0.3, 0.4) is 0 Å². The van der Waals surface area contributed by atoms with Crippen molar-refractivity contribution in [1.82, 2.24) is 0 Å². The number of nitrogens with two attached hydrogens (primary N) is 1. The SMILES string of the molecule is CCC(N)Cc1ccc(OCCCCC#N)c(Br)c1. The van der Waals surface area contributed by atoms with Crippen LogP contribution in [0.2, 0.25) is 0 Å². The average Bonchev–Trinajstić information content (AvgIpc) is 2.40. The number of nitrogens with zero attached hydrogens (tertiary/aromatic N) is 1. The third kappa shape index (κ3) is 6.09. The van der Waals surface area contributed by atoms with Gasteiger partial charge < -0.3 is 10.5 Å².